The third-order valence-corrected chi connectivity index (χ3v) is 3.96. The molecule has 1 heterocycles. The number of hydrogen-bond acceptors (Lipinski definition) is 0. The van der Waals surface area contributed by atoms with Crippen molar-refractivity contribution in [3.63, 3.8) is 0 Å². The number of benzene rings is 2. The monoisotopic (exact) mass is 263 g/mol. The Morgan fingerprint density at radius 2 is 1.60 bits per heavy atom. The number of para-hydroxylation sites is 2. The van der Waals surface area contributed by atoms with Gasteiger partial charge >= 0.3 is 0 Å². The first-order chi connectivity index (χ1) is 9.72. The Labute approximate surface area is 120 Å². The molecule has 0 aliphatic heterocycles. The van der Waals surface area contributed by atoms with Crippen molar-refractivity contribution in [1.29, 1.82) is 0 Å². The van der Waals surface area contributed by atoms with Crippen molar-refractivity contribution < 1.29 is 0 Å². The Balaban J connectivity index is 2.36. The maximum atomic E-state index is 2.45. The zero-order valence-corrected chi connectivity index (χ0v) is 12.5. The van der Waals surface area contributed by atoms with E-state index in [-0.39, 0.29) is 0 Å². The maximum absolute atomic E-state index is 2.45. The first kappa shape index (κ1) is 13.0. The molecule has 0 atom stereocenters. The SMILES string of the molecule is CCCc1cc2ccccc2n1-c1c(C)cccc1C. The Bertz CT molecular complexity index is 729. The highest BCUT2D eigenvalue weighted by Gasteiger charge is 2.13. The zero-order valence-electron chi connectivity index (χ0n) is 12.5. The highest BCUT2D eigenvalue weighted by molar-refractivity contribution is 5.84. The van der Waals surface area contributed by atoms with Gasteiger partial charge in [0.15, 0.2) is 0 Å². The number of aromatic nitrogens is 1. The van der Waals surface area contributed by atoms with E-state index in [9.17, 15) is 0 Å². The summed E-state index contributed by atoms with van der Waals surface area (Å²) in [6.45, 7) is 6.65. The van der Waals surface area contributed by atoms with Crippen LogP contribution < -0.4 is 0 Å². The molecule has 0 amide bonds. The van der Waals surface area contributed by atoms with Crippen LogP contribution in [0.15, 0.2) is 48.5 Å². The minimum Gasteiger partial charge on any atom is -0.313 e. The summed E-state index contributed by atoms with van der Waals surface area (Å²) < 4.78 is 2.45. The van der Waals surface area contributed by atoms with Gasteiger partial charge in [-0.1, -0.05) is 49.7 Å². The van der Waals surface area contributed by atoms with Gasteiger partial charge in [0.2, 0.25) is 0 Å². The predicted octanol–water partition coefficient (Wildman–Crippen LogP) is 5.20. The lowest BCUT2D eigenvalue weighted by atomic mass is 10.1. The van der Waals surface area contributed by atoms with Crippen LogP contribution in [0.3, 0.4) is 0 Å². The predicted molar refractivity (Wildman–Crippen MR) is 86.7 cm³/mol. The van der Waals surface area contributed by atoms with E-state index in [1.807, 2.05) is 0 Å². The van der Waals surface area contributed by atoms with Crippen molar-refractivity contribution in [2.24, 2.45) is 0 Å². The van der Waals surface area contributed by atoms with Crippen LogP contribution >= 0.6 is 0 Å². The number of rotatable bonds is 3. The molecule has 0 radical (unpaired) electrons. The summed E-state index contributed by atoms with van der Waals surface area (Å²) >= 11 is 0. The van der Waals surface area contributed by atoms with Gasteiger partial charge in [0.05, 0.1) is 11.2 Å². The van der Waals surface area contributed by atoms with Gasteiger partial charge in [-0.05, 0) is 43.5 Å². The summed E-state index contributed by atoms with van der Waals surface area (Å²) in [4.78, 5) is 0. The van der Waals surface area contributed by atoms with E-state index in [1.54, 1.807) is 0 Å². The number of aryl methyl sites for hydroxylation is 3. The summed E-state index contributed by atoms with van der Waals surface area (Å²) in [5.41, 5.74) is 6.74. The molecule has 20 heavy (non-hydrogen) atoms. The molecule has 2 aromatic carbocycles. The summed E-state index contributed by atoms with van der Waals surface area (Å²) in [6, 6.07) is 17.6. The van der Waals surface area contributed by atoms with E-state index in [2.05, 4.69) is 73.9 Å². The van der Waals surface area contributed by atoms with Crippen LogP contribution in [-0.4, -0.2) is 4.57 Å². The Morgan fingerprint density at radius 1 is 0.900 bits per heavy atom. The van der Waals surface area contributed by atoms with Crippen LogP contribution in [0.1, 0.15) is 30.2 Å². The summed E-state index contributed by atoms with van der Waals surface area (Å²) in [6.07, 6.45) is 2.28. The molecule has 0 bridgehead atoms. The number of nitrogens with zero attached hydrogens (tertiary/aromatic N) is 1. The van der Waals surface area contributed by atoms with E-state index < -0.39 is 0 Å². The molecule has 1 aromatic heterocycles. The van der Waals surface area contributed by atoms with E-state index in [4.69, 9.17) is 0 Å². The quantitative estimate of drug-likeness (QED) is 0.612. The first-order valence-electron chi connectivity index (χ1n) is 7.38. The third-order valence-electron chi connectivity index (χ3n) is 3.96. The second-order valence-corrected chi connectivity index (χ2v) is 5.52. The molecule has 1 nitrogen and oxygen atoms in total. The molecular formula is C19H21N. The van der Waals surface area contributed by atoms with Crippen LogP contribution in [0.5, 0.6) is 0 Å². The van der Waals surface area contributed by atoms with Crippen LogP contribution in [0.2, 0.25) is 0 Å². The fourth-order valence-corrected chi connectivity index (χ4v) is 3.07. The van der Waals surface area contributed by atoms with Crippen molar-refractivity contribution in [1.82, 2.24) is 4.57 Å². The van der Waals surface area contributed by atoms with Gasteiger partial charge in [-0.3, -0.25) is 0 Å². The minimum atomic E-state index is 1.11. The largest absolute Gasteiger partial charge is 0.313 e. The van der Waals surface area contributed by atoms with Crippen LogP contribution in [-0.2, 0) is 6.42 Å². The number of fused-ring (bicyclic) bond motifs is 1. The van der Waals surface area contributed by atoms with Crippen molar-refractivity contribution in [3.8, 4) is 5.69 Å². The minimum absolute atomic E-state index is 1.11. The van der Waals surface area contributed by atoms with Crippen molar-refractivity contribution in [3.05, 3.63) is 65.4 Å². The van der Waals surface area contributed by atoms with Gasteiger partial charge in [0.1, 0.15) is 0 Å². The van der Waals surface area contributed by atoms with Crippen LogP contribution in [0.25, 0.3) is 16.6 Å². The molecular weight excluding hydrogens is 242 g/mol. The van der Waals surface area contributed by atoms with Gasteiger partial charge in [-0.15, -0.1) is 0 Å². The normalized spacial score (nSPS) is 11.2. The molecule has 0 unspecified atom stereocenters. The molecule has 0 N–H and O–H groups in total. The Morgan fingerprint density at radius 3 is 2.30 bits per heavy atom. The molecule has 102 valence electrons. The van der Waals surface area contributed by atoms with Gasteiger partial charge in [0, 0.05) is 11.1 Å². The summed E-state index contributed by atoms with van der Waals surface area (Å²) in [5.74, 6) is 0. The molecule has 3 rings (SSSR count). The maximum Gasteiger partial charge on any atom is 0.0531 e. The summed E-state index contributed by atoms with van der Waals surface area (Å²) in [7, 11) is 0. The number of hydrogen-bond donors (Lipinski definition) is 0. The van der Waals surface area contributed by atoms with E-state index >= 15 is 0 Å². The van der Waals surface area contributed by atoms with Crippen molar-refractivity contribution in [2.45, 2.75) is 33.6 Å². The third kappa shape index (κ3) is 2.03. The van der Waals surface area contributed by atoms with Gasteiger partial charge in [-0.2, -0.15) is 0 Å². The zero-order chi connectivity index (χ0) is 14.1. The highest BCUT2D eigenvalue weighted by atomic mass is 15.0. The van der Waals surface area contributed by atoms with E-state index in [0.717, 1.165) is 6.42 Å². The highest BCUT2D eigenvalue weighted by Crippen LogP contribution is 2.29. The molecule has 0 saturated carbocycles. The molecule has 1 heteroatoms. The lowest BCUT2D eigenvalue weighted by molar-refractivity contribution is 0.849. The molecule has 0 saturated heterocycles. The van der Waals surface area contributed by atoms with Gasteiger partial charge < -0.3 is 4.57 Å². The van der Waals surface area contributed by atoms with E-state index in [0.29, 0.717) is 0 Å². The Kier molecular flexibility index (Phi) is 3.35. The molecule has 0 fully saturated rings. The lowest BCUT2D eigenvalue weighted by Crippen LogP contribution is -2.04. The lowest BCUT2D eigenvalue weighted by Gasteiger charge is -2.16. The fourth-order valence-electron chi connectivity index (χ4n) is 3.07. The second-order valence-electron chi connectivity index (χ2n) is 5.52. The molecule has 3 aromatic rings. The average Bonchev–Trinajstić information content (AvgIpc) is 2.78. The second kappa shape index (κ2) is 5.16. The van der Waals surface area contributed by atoms with Crippen LogP contribution in [0, 0.1) is 13.8 Å². The Hall–Kier alpha value is -2.02. The van der Waals surface area contributed by atoms with Gasteiger partial charge in [-0.25, -0.2) is 0 Å². The fraction of sp³-hybridized carbons (Fsp3) is 0.263. The topological polar surface area (TPSA) is 4.93 Å². The molecule has 0 aliphatic rings. The van der Waals surface area contributed by atoms with Crippen molar-refractivity contribution in [2.75, 3.05) is 0 Å². The average molecular weight is 263 g/mol. The molecule has 0 aliphatic carbocycles. The van der Waals surface area contributed by atoms with Crippen LogP contribution in [0.4, 0.5) is 0 Å². The molecule has 0 spiro atoms. The van der Waals surface area contributed by atoms with Crippen molar-refractivity contribution >= 4 is 10.9 Å². The smallest absolute Gasteiger partial charge is 0.0531 e. The van der Waals surface area contributed by atoms with E-state index in [1.165, 1.54) is 39.8 Å². The van der Waals surface area contributed by atoms with Gasteiger partial charge in [0.25, 0.3) is 0 Å². The first-order valence-corrected chi connectivity index (χ1v) is 7.38. The summed E-state index contributed by atoms with van der Waals surface area (Å²) in [5, 5.41) is 1.33. The standard InChI is InChI=1S/C19H21N/c1-4-8-17-13-16-11-5-6-12-18(16)20(17)19-14(2)9-7-10-15(19)3/h5-7,9-13H,4,8H2,1-3H3.